The van der Waals surface area contributed by atoms with Crippen molar-refractivity contribution in [2.24, 2.45) is 0 Å². The van der Waals surface area contributed by atoms with E-state index in [1.807, 2.05) is 0 Å². The van der Waals surface area contributed by atoms with Gasteiger partial charge in [0.2, 0.25) is 0 Å². The van der Waals surface area contributed by atoms with E-state index in [0.29, 0.717) is 6.54 Å². The molecule has 1 N–H and O–H groups in total. The van der Waals surface area contributed by atoms with Crippen LogP contribution in [-0.2, 0) is 9.47 Å². The van der Waals surface area contributed by atoms with Gasteiger partial charge in [-0.15, -0.1) is 22.7 Å². The maximum absolute atomic E-state index is 5.21. The van der Waals surface area contributed by atoms with Gasteiger partial charge < -0.3 is 9.47 Å². The van der Waals surface area contributed by atoms with Gasteiger partial charge in [0.05, 0.1) is 6.04 Å². The van der Waals surface area contributed by atoms with Crippen LogP contribution in [0.5, 0.6) is 0 Å². The third-order valence-electron chi connectivity index (χ3n) is 2.67. The van der Waals surface area contributed by atoms with Gasteiger partial charge in [-0.3, -0.25) is 5.32 Å². The van der Waals surface area contributed by atoms with E-state index < -0.39 is 0 Å². The first-order valence-corrected chi connectivity index (χ1v) is 7.47. The van der Waals surface area contributed by atoms with Crippen LogP contribution < -0.4 is 5.32 Å². The van der Waals surface area contributed by atoms with Gasteiger partial charge in [-0.2, -0.15) is 0 Å². The number of hydrogen-bond donors (Lipinski definition) is 1. The average Bonchev–Trinajstić information content (AvgIpc) is 3.07. The van der Waals surface area contributed by atoms with E-state index in [1.165, 1.54) is 9.75 Å². The Balaban J connectivity index is 2.07. The summed E-state index contributed by atoms with van der Waals surface area (Å²) in [5.74, 6) is 0. The maximum Gasteiger partial charge on any atom is 0.169 e. The van der Waals surface area contributed by atoms with Crippen molar-refractivity contribution in [3.8, 4) is 0 Å². The highest BCUT2D eigenvalue weighted by molar-refractivity contribution is 7.11. The normalized spacial score (nSPS) is 11.6. The number of hydrogen-bond acceptors (Lipinski definition) is 5. The van der Waals surface area contributed by atoms with Crippen LogP contribution in [0.25, 0.3) is 0 Å². The van der Waals surface area contributed by atoms with E-state index in [1.54, 1.807) is 36.9 Å². The fourth-order valence-electron chi connectivity index (χ4n) is 1.73. The second-order valence-electron chi connectivity index (χ2n) is 3.77. The molecule has 3 nitrogen and oxygen atoms in total. The molecule has 0 aliphatic rings. The Morgan fingerprint density at radius 1 is 1.06 bits per heavy atom. The number of thiophene rings is 2. The summed E-state index contributed by atoms with van der Waals surface area (Å²) in [5.41, 5.74) is 0. The van der Waals surface area contributed by atoms with Crippen molar-refractivity contribution in [2.75, 3.05) is 20.8 Å². The van der Waals surface area contributed by atoms with Gasteiger partial charge in [0.1, 0.15) is 0 Å². The summed E-state index contributed by atoms with van der Waals surface area (Å²) in [4.78, 5) is 2.62. The molecule has 0 bridgehead atoms. The lowest BCUT2D eigenvalue weighted by atomic mass is 10.2. The molecule has 0 aliphatic heterocycles. The lowest BCUT2D eigenvalue weighted by molar-refractivity contribution is -0.0994. The minimum Gasteiger partial charge on any atom is -0.355 e. The third-order valence-corrected chi connectivity index (χ3v) is 4.54. The van der Waals surface area contributed by atoms with E-state index >= 15 is 0 Å². The lowest BCUT2D eigenvalue weighted by Gasteiger charge is -2.20. The van der Waals surface area contributed by atoms with Crippen molar-refractivity contribution in [2.45, 2.75) is 12.3 Å². The molecule has 2 rings (SSSR count). The van der Waals surface area contributed by atoms with Crippen molar-refractivity contribution in [3.05, 3.63) is 44.8 Å². The predicted octanol–water partition coefficient (Wildman–Crippen LogP) is 3.11. The Hall–Kier alpha value is -0.720. The van der Waals surface area contributed by atoms with Gasteiger partial charge in [0, 0.05) is 30.5 Å². The van der Waals surface area contributed by atoms with Gasteiger partial charge in [-0.1, -0.05) is 12.1 Å². The first kappa shape index (κ1) is 13.7. The summed E-state index contributed by atoms with van der Waals surface area (Å²) in [7, 11) is 3.31. The SMILES string of the molecule is COC(CNC(c1cccs1)c1cccs1)OC. The summed E-state index contributed by atoms with van der Waals surface area (Å²) in [6, 6.07) is 8.67. The van der Waals surface area contributed by atoms with Crippen LogP contribution in [0.1, 0.15) is 15.8 Å². The minimum absolute atomic E-state index is 0.215. The van der Waals surface area contributed by atoms with Crippen LogP contribution in [0.4, 0.5) is 0 Å². The molecule has 5 heteroatoms. The Bertz CT molecular complexity index is 390. The summed E-state index contributed by atoms with van der Waals surface area (Å²) < 4.78 is 10.4. The maximum atomic E-state index is 5.21. The highest BCUT2D eigenvalue weighted by Crippen LogP contribution is 2.29. The van der Waals surface area contributed by atoms with Crippen LogP contribution >= 0.6 is 22.7 Å². The molecular weight excluding hydrogens is 266 g/mol. The topological polar surface area (TPSA) is 30.5 Å². The quantitative estimate of drug-likeness (QED) is 0.792. The van der Waals surface area contributed by atoms with Crippen LogP contribution in [-0.4, -0.2) is 27.1 Å². The van der Waals surface area contributed by atoms with E-state index in [4.69, 9.17) is 9.47 Å². The molecule has 0 atom stereocenters. The molecule has 0 saturated heterocycles. The molecule has 0 aromatic carbocycles. The fraction of sp³-hybridized carbons (Fsp3) is 0.385. The molecular formula is C13H17NO2S2. The Morgan fingerprint density at radius 2 is 1.61 bits per heavy atom. The van der Waals surface area contributed by atoms with Crippen LogP contribution in [0.2, 0.25) is 0 Å². The minimum atomic E-state index is -0.215. The molecule has 0 radical (unpaired) electrons. The smallest absolute Gasteiger partial charge is 0.169 e. The zero-order valence-electron chi connectivity index (χ0n) is 10.5. The highest BCUT2D eigenvalue weighted by Gasteiger charge is 2.17. The zero-order valence-corrected chi connectivity index (χ0v) is 12.1. The Labute approximate surface area is 115 Å². The number of methoxy groups -OCH3 is 2. The van der Waals surface area contributed by atoms with Gasteiger partial charge in [0.25, 0.3) is 0 Å². The van der Waals surface area contributed by atoms with Crippen molar-refractivity contribution in [1.82, 2.24) is 5.32 Å². The van der Waals surface area contributed by atoms with Gasteiger partial charge in [-0.25, -0.2) is 0 Å². The van der Waals surface area contributed by atoms with E-state index in [2.05, 4.69) is 40.3 Å². The Kier molecular flexibility index (Phi) is 5.34. The third kappa shape index (κ3) is 3.40. The molecule has 0 unspecified atom stereocenters. The number of rotatable bonds is 7. The van der Waals surface area contributed by atoms with E-state index in [-0.39, 0.29) is 12.3 Å². The fourth-order valence-corrected chi connectivity index (χ4v) is 3.44. The molecule has 0 spiro atoms. The number of ether oxygens (including phenoxy) is 2. The second-order valence-corrected chi connectivity index (χ2v) is 5.73. The van der Waals surface area contributed by atoms with E-state index in [0.717, 1.165) is 0 Å². The Morgan fingerprint density at radius 3 is 2.00 bits per heavy atom. The van der Waals surface area contributed by atoms with Crippen LogP contribution in [0, 0.1) is 0 Å². The molecule has 2 aromatic heterocycles. The van der Waals surface area contributed by atoms with Gasteiger partial charge in [0.15, 0.2) is 6.29 Å². The van der Waals surface area contributed by atoms with Crippen LogP contribution in [0.15, 0.2) is 35.0 Å². The van der Waals surface area contributed by atoms with E-state index in [9.17, 15) is 0 Å². The van der Waals surface area contributed by atoms with Crippen molar-refractivity contribution >= 4 is 22.7 Å². The predicted molar refractivity (Wildman–Crippen MR) is 76.3 cm³/mol. The van der Waals surface area contributed by atoms with Crippen molar-refractivity contribution in [1.29, 1.82) is 0 Å². The lowest BCUT2D eigenvalue weighted by Crippen LogP contribution is -2.32. The van der Waals surface area contributed by atoms with Crippen LogP contribution in [0.3, 0.4) is 0 Å². The molecule has 18 heavy (non-hydrogen) atoms. The highest BCUT2D eigenvalue weighted by atomic mass is 32.1. The van der Waals surface area contributed by atoms with Crippen molar-refractivity contribution in [3.63, 3.8) is 0 Å². The second kappa shape index (κ2) is 7.01. The monoisotopic (exact) mass is 283 g/mol. The summed E-state index contributed by atoms with van der Waals surface area (Å²) in [6.07, 6.45) is -0.215. The molecule has 0 fully saturated rings. The standard InChI is InChI=1S/C13H17NO2S2/c1-15-12(16-2)9-14-13(10-5-3-7-17-10)11-6-4-8-18-11/h3-8,12-14H,9H2,1-2H3. The summed E-state index contributed by atoms with van der Waals surface area (Å²) >= 11 is 3.52. The molecule has 2 heterocycles. The van der Waals surface area contributed by atoms with Gasteiger partial charge in [-0.05, 0) is 22.9 Å². The first-order chi connectivity index (χ1) is 8.85. The number of nitrogens with one attached hydrogen (secondary N) is 1. The molecule has 0 aliphatic carbocycles. The largest absolute Gasteiger partial charge is 0.355 e. The average molecular weight is 283 g/mol. The molecule has 0 saturated carbocycles. The first-order valence-electron chi connectivity index (χ1n) is 5.71. The zero-order chi connectivity index (χ0) is 12.8. The molecule has 0 amide bonds. The summed E-state index contributed by atoms with van der Waals surface area (Å²) in [6.45, 7) is 0.660. The molecule has 2 aromatic rings. The molecule has 98 valence electrons. The summed E-state index contributed by atoms with van der Waals surface area (Å²) in [5, 5.41) is 7.70. The van der Waals surface area contributed by atoms with Gasteiger partial charge >= 0.3 is 0 Å². The van der Waals surface area contributed by atoms with Crippen molar-refractivity contribution < 1.29 is 9.47 Å².